The van der Waals surface area contributed by atoms with Crippen LogP contribution in [0.2, 0.25) is 5.02 Å². The van der Waals surface area contributed by atoms with Gasteiger partial charge >= 0.3 is 0 Å². The van der Waals surface area contributed by atoms with E-state index in [0.717, 1.165) is 70.5 Å². The Morgan fingerprint density at radius 2 is 1.75 bits per heavy atom. The van der Waals surface area contributed by atoms with Crippen LogP contribution in [0, 0.1) is 0 Å². The van der Waals surface area contributed by atoms with Gasteiger partial charge in [0.05, 0.1) is 6.54 Å². The molecule has 0 aliphatic carbocycles. The van der Waals surface area contributed by atoms with Gasteiger partial charge in [0.1, 0.15) is 0 Å². The van der Waals surface area contributed by atoms with Gasteiger partial charge in [-0.1, -0.05) is 54.4 Å². The fourth-order valence-corrected chi connectivity index (χ4v) is 4.20. The summed E-state index contributed by atoms with van der Waals surface area (Å²) in [5.74, 6) is 0.747. The molecule has 1 aromatic heterocycles. The molecule has 3 aromatic rings. The molecule has 168 valence electrons. The van der Waals surface area contributed by atoms with Gasteiger partial charge in [-0.15, -0.1) is 10.2 Å². The number of amides is 1. The van der Waals surface area contributed by atoms with Crippen molar-refractivity contribution in [2.45, 2.75) is 32.2 Å². The predicted molar refractivity (Wildman–Crippen MR) is 126 cm³/mol. The van der Waals surface area contributed by atoms with Crippen molar-refractivity contribution in [2.24, 2.45) is 0 Å². The largest absolute Gasteiger partial charge is 0.337 e. The maximum Gasteiger partial charge on any atom is 0.253 e. The van der Waals surface area contributed by atoms with E-state index in [4.69, 9.17) is 11.6 Å². The van der Waals surface area contributed by atoms with E-state index in [1.807, 2.05) is 47.4 Å². The predicted octanol–water partition coefficient (Wildman–Crippen LogP) is 4.01. The normalized spacial score (nSPS) is 15.0. The molecule has 1 fully saturated rings. The van der Waals surface area contributed by atoms with Crippen LogP contribution in [-0.4, -0.2) is 68.6 Å². The molecule has 1 amide bonds. The second-order valence-electron chi connectivity index (χ2n) is 8.13. The molecule has 1 saturated heterocycles. The fraction of sp³-hybridized carbons (Fsp3) is 0.417. The average molecular weight is 453 g/mol. The Morgan fingerprint density at radius 1 is 0.906 bits per heavy atom. The summed E-state index contributed by atoms with van der Waals surface area (Å²) in [5, 5.41) is 13.4. The zero-order valence-corrected chi connectivity index (χ0v) is 19.0. The molecule has 0 bridgehead atoms. The Kier molecular flexibility index (Phi) is 7.85. The molecule has 0 saturated carbocycles. The molecule has 0 N–H and O–H groups in total. The topological polar surface area (TPSA) is 67.2 Å². The second kappa shape index (κ2) is 11.2. The summed E-state index contributed by atoms with van der Waals surface area (Å²) in [5.41, 5.74) is 1.66. The van der Waals surface area contributed by atoms with Gasteiger partial charge in [-0.2, -0.15) is 4.80 Å². The molecule has 1 aliphatic heterocycles. The number of halogens is 1. The van der Waals surface area contributed by atoms with E-state index in [9.17, 15) is 4.79 Å². The Bertz CT molecular complexity index is 1010. The van der Waals surface area contributed by atoms with Crippen LogP contribution >= 0.6 is 11.6 Å². The fourth-order valence-electron chi connectivity index (χ4n) is 4.01. The lowest BCUT2D eigenvalue weighted by atomic mass is 10.2. The monoisotopic (exact) mass is 452 g/mol. The maximum absolute atomic E-state index is 12.8. The molecule has 8 heteroatoms. The van der Waals surface area contributed by atoms with E-state index in [2.05, 4.69) is 20.3 Å². The van der Waals surface area contributed by atoms with Gasteiger partial charge < -0.3 is 9.80 Å². The number of carbonyl (C=O) groups excluding carboxylic acids is 1. The number of hydrogen-bond acceptors (Lipinski definition) is 5. The number of aromatic nitrogens is 4. The molecular weight excluding hydrogens is 424 g/mol. The van der Waals surface area contributed by atoms with E-state index in [1.165, 1.54) is 0 Å². The third kappa shape index (κ3) is 6.14. The third-order valence-electron chi connectivity index (χ3n) is 5.76. The first-order chi connectivity index (χ1) is 15.7. The highest BCUT2D eigenvalue weighted by atomic mass is 35.5. The summed E-state index contributed by atoms with van der Waals surface area (Å²) in [6.45, 7) is 5.34. The lowest BCUT2D eigenvalue weighted by Gasteiger charge is -2.22. The number of hydrogen-bond donors (Lipinski definition) is 0. The quantitative estimate of drug-likeness (QED) is 0.483. The van der Waals surface area contributed by atoms with Crippen molar-refractivity contribution in [2.75, 3.05) is 32.7 Å². The standard InChI is InChI=1S/C24H29ClN6O/c25-22-12-7-11-21(19-22)24(32)30-15-8-14-29(17-18-30)13-5-2-6-16-31-27-23(26-28-31)20-9-3-1-4-10-20/h1,3-4,7,9-12,19H,2,5-6,8,13-18H2. The number of aryl methyl sites for hydroxylation is 1. The summed E-state index contributed by atoms with van der Waals surface area (Å²) in [4.78, 5) is 18.9. The van der Waals surface area contributed by atoms with Crippen molar-refractivity contribution in [1.82, 2.24) is 30.0 Å². The van der Waals surface area contributed by atoms with Gasteiger partial charge in [-0.3, -0.25) is 4.79 Å². The van der Waals surface area contributed by atoms with Crippen LogP contribution < -0.4 is 0 Å². The highest BCUT2D eigenvalue weighted by molar-refractivity contribution is 6.30. The summed E-state index contributed by atoms with van der Waals surface area (Å²) in [7, 11) is 0. The molecule has 2 heterocycles. The van der Waals surface area contributed by atoms with Crippen LogP contribution in [-0.2, 0) is 6.54 Å². The number of unbranched alkanes of at least 4 members (excludes halogenated alkanes) is 2. The molecule has 1 aliphatic rings. The van der Waals surface area contributed by atoms with E-state index in [0.29, 0.717) is 16.4 Å². The molecule has 0 spiro atoms. The van der Waals surface area contributed by atoms with Crippen molar-refractivity contribution in [3.8, 4) is 11.4 Å². The number of nitrogens with zero attached hydrogens (tertiary/aromatic N) is 6. The minimum atomic E-state index is 0.0737. The third-order valence-corrected chi connectivity index (χ3v) is 6.00. The van der Waals surface area contributed by atoms with E-state index in [1.54, 1.807) is 16.9 Å². The van der Waals surface area contributed by atoms with Crippen LogP contribution in [0.1, 0.15) is 36.0 Å². The van der Waals surface area contributed by atoms with E-state index < -0.39 is 0 Å². The Morgan fingerprint density at radius 3 is 2.59 bits per heavy atom. The molecule has 0 radical (unpaired) electrons. The summed E-state index contributed by atoms with van der Waals surface area (Å²) in [6, 6.07) is 17.1. The van der Waals surface area contributed by atoms with Crippen LogP contribution in [0.5, 0.6) is 0 Å². The van der Waals surface area contributed by atoms with Crippen LogP contribution in [0.25, 0.3) is 11.4 Å². The maximum atomic E-state index is 12.8. The summed E-state index contributed by atoms with van der Waals surface area (Å²) < 4.78 is 0. The van der Waals surface area contributed by atoms with Crippen molar-refractivity contribution >= 4 is 17.5 Å². The molecule has 0 unspecified atom stereocenters. The van der Waals surface area contributed by atoms with Crippen LogP contribution in [0.15, 0.2) is 54.6 Å². The Balaban J connectivity index is 1.16. The molecule has 2 aromatic carbocycles. The van der Waals surface area contributed by atoms with Gasteiger partial charge in [-0.25, -0.2) is 0 Å². The minimum Gasteiger partial charge on any atom is -0.337 e. The van der Waals surface area contributed by atoms with E-state index >= 15 is 0 Å². The van der Waals surface area contributed by atoms with Gasteiger partial charge in [-0.05, 0) is 55.8 Å². The molecule has 4 rings (SSSR count). The number of benzene rings is 2. The number of rotatable bonds is 8. The summed E-state index contributed by atoms with van der Waals surface area (Å²) in [6.07, 6.45) is 4.27. The van der Waals surface area contributed by atoms with Gasteiger partial charge in [0.15, 0.2) is 0 Å². The second-order valence-corrected chi connectivity index (χ2v) is 8.57. The Labute approximate surface area is 194 Å². The van der Waals surface area contributed by atoms with Gasteiger partial charge in [0.25, 0.3) is 5.91 Å². The SMILES string of the molecule is O=C(c1cccc(Cl)c1)N1CCCN(CCCCCn2nnc(-c3ccccc3)n2)CC1. The lowest BCUT2D eigenvalue weighted by Crippen LogP contribution is -2.35. The number of carbonyl (C=O) groups is 1. The first-order valence-corrected chi connectivity index (χ1v) is 11.7. The van der Waals surface area contributed by atoms with Crippen LogP contribution in [0.4, 0.5) is 0 Å². The molecular formula is C24H29ClN6O. The Hall–Kier alpha value is -2.77. The zero-order chi connectivity index (χ0) is 22.2. The molecule has 32 heavy (non-hydrogen) atoms. The van der Waals surface area contributed by atoms with Crippen molar-refractivity contribution in [1.29, 1.82) is 0 Å². The average Bonchev–Trinajstić information content (AvgIpc) is 3.17. The zero-order valence-electron chi connectivity index (χ0n) is 18.2. The van der Waals surface area contributed by atoms with Crippen molar-refractivity contribution < 1.29 is 4.79 Å². The highest BCUT2D eigenvalue weighted by Crippen LogP contribution is 2.15. The smallest absolute Gasteiger partial charge is 0.253 e. The van der Waals surface area contributed by atoms with E-state index in [-0.39, 0.29) is 5.91 Å². The van der Waals surface area contributed by atoms with Crippen LogP contribution in [0.3, 0.4) is 0 Å². The first-order valence-electron chi connectivity index (χ1n) is 11.3. The number of tetrazole rings is 1. The first kappa shape index (κ1) is 22.4. The van der Waals surface area contributed by atoms with Crippen molar-refractivity contribution in [3.05, 3.63) is 65.2 Å². The molecule has 0 atom stereocenters. The van der Waals surface area contributed by atoms with Gasteiger partial charge in [0.2, 0.25) is 5.82 Å². The van der Waals surface area contributed by atoms with Gasteiger partial charge in [0, 0.05) is 35.8 Å². The van der Waals surface area contributed by atoms with Crippen molar-refractivity contribution in [3.63, 3.8) is 0 Å². The highest BCUT2D eigenvalue weighted by Gasteiger charge is 2.20. The minimum absolute atomic E-state index is 0.0737. The lowest BCUT2D eigenvalue weighted by molar-refractivity contribution is 0.0761. The summed E-state index contributed by atoms with van der Waals surface area (Å²) >= 11 is 6.04. The molecule has 7 nitrogen and oxygen atoms in total.